The Morgan fingerprint density at radius 1 is 1.35 bits per heavy atom. The first-order valence-electron chi connectivity index (χ1n) is 7.45. The highest BCUT2D eigenvalue weighted by molar-refractivity contribution is 5.76. The second kappa shape index (κ2) is 5.24. The third kappa shape index (κ3) is 2.90. The molecule has 0 bridgehead atoms. The standard InChI is InChI=1S/C14H22N2O4/c17-12(18)7-11-8-20-6-5-16(11)13(19)15-9-14(3-4-14)10-1-2-10/h10-11H,1-9H2,(H,15,19)(H,17,18). The lowest BCUT2D eigenvalue weighted by Gasteiger charge is -2.35. The largest absolute Gasteiger partial charge is 0.481 e. The van der Waals surface area contributed by atoms with E-state index in [1.807, 2.05) is 0 Å². The number of ether oxygens (including phenoxy) is 1. The molecule has 3 fully saturated rings. The molecule has 3 rings (SSSR count). The maximum atomic E-state index is 12.3. The Labute approximate surface area is 118 Å². The topological polar surface area (TPSA) is 78.9 Å². The van der Waals surface area contributed by atoms with Crippen molar-refractivity contribution in [1.82, 2.24) is 10.2 Å². The van der Waals surface area contributed by atoms with Gasteiger partial charge in [0.2, 0.25) is 0 Å². The average Bonchev–Trinajstić information content (AvgIpc) is 3.27. The van der Waals surface area contributed by atoms with Crippen molar-refractivity contribution in [3.05, 3.63) is 0 Å². The quantitative estimate of drug-likeness (QED) is 0.790. The summed E-state index contributed by atoms with van der Waals surface area (Å²) in [4.78, 5) is 24.7. The zero-order chi connectivity index (χ0) is 14.2. The zero-order valence-corrected chi connectivity index (χ0v) is 11.6. The summed E-state index contributed by atoms with van der Waals surface area (Å²) in [5, 5.41) is 11.9. The number of rotatable bonds is 5. The number of nitrogens with zero attached hydrogens (tertiary/aromatic N) is 1. The molecule has 112 valence electrons. The molecule has 1 atom stereocenters. The van der Waals surface area contributed by atoms with E-state index in [9.17, 15) is 9.59 Å². The predicted molar refractivity (Wildman–Crippen MR) is 71.4 cm³/mol. The molecule has 0 aromatic carbocycles. The van der Waals surface area contributed by atoms with Crippen LogP contribution in [-0.2, 0) is 9.53 Å². The molecule has 2 amide bonds. The van der Waals surface area contributed by atoms with E-state index in [2.05, 4.69) is 5.32 Å². The Kier molecular flexibility index (Phi) is 3.58. The Morgan fingerprint density at radius 3 is 2.70 bits per heavy atom. The highest BCUT2D eigenvalue weighted by atomic mass is 16.5. The van der Waals surface area contributed by atoms with E-state index in [1.54, 1.807) is 4.90 Å². The Hall–Kier alpha value is -1.30. The SMILES string of the molecule is O=C(O)CC1COCCN1C(=O)NCC1(C2CC2)CC1. The number of hydrogen-bond acceptors (Lipinski definition) is 3. The van der Waals surface area contributed by atoms with Crippen LogP contribution in [0, 0.1) is 11.3 Å². The fourth-order valence-corrected chi connectivity index (χ4v) is 3.23. The molecule has 1 unspecified atom stereocenters. The molecule has 2 N–H and O–H groups in total. The Balaban J connectivity index is 1.52. The van der Waals surface area contributed by atoms with Crippen molar-refractivity contribution >= 4 is 12.0 Å². The first-order valence-corrected chi connectivity index (χ1v) is 7.45. The van der Waals surface area contributed by atoms with E-state index in [1.165, 1.54) is 25.7 Å². The Bertz CT molecular complexity index is 404. The minimum Gasteiger partial charge on any atom is -0.481 e. The smallest absolute Gasteiger partial charge is 0.317 e. The van der Waals surface area contributed by atoms with E-state index in [-0.39, 0.29) is 18.5 Å². The third-order valence-corrected chi connectivity index (χ3v) is 4.83. The van der Waals surface area contributed by atoms with Gasteiger partial charge in [-0.15, -0.1) is 0 Å². The highest BCUT2D eigenvalue weighted by Gasteiger charge is 2.53. The van der Waals surface area contributed by atoms with Gasteiger partial charge >= 0.3 is 12.0 Å². The molecule has 6 heteroatoms. The van der Waals surface area contributed by atoms with Crippen LogP contribution in [0.2, 0.25) is 0 Å². The van der Waals surface area contributed by atoms with Gasteiger partial charge in [0.15, 0.2) is 0 Å². The molecule has 3 aliphatic rings. The zero-order valence-electron chi connectivity index (χ0n) is 11.6. The number of aliphatic carboxylic acids is 1. The fourth-order valence-electron chi connectivity index (χ4n) is 3.23. The van der Waals surface area contributed by atoms with E-state index < -0.39 is 5.97 Å². The van der Waals surface area contributed by atoms with Crippen LogP contribution >= 0.6 is 0 Å². The molecular weight excluding hydrogens is 260 g/mol. The van der Waals surface area contributed by atoms with Gasteiger partial charge < -0.3 is 20.1 Å². The second-order valence-electron chi connectivity index (χ2n) is 6.32. The van der Waals surface area contributed by atoms with E-state index in [0.717, 1.165) is 12.5 Å². The Morgan fingerprint density at radius 2 is 2.10 bits per heavy atom. The van der Waals surface area contributed by atoms with Crippen molar-refractivity contribution in [1.29, 1.82) is 0 Å². The minimum atomic E-state index is -0.894. The molecule has 0 spiro atoms. The first kappa shape index (κ1) is 13.7. The van der Waals surface area contributed by atoms with Crippen LogP contribution in [0.1, 0.15) is 32.1 Å². The molecular formula is C14H22N2O4. The summed E-state index contributed by atoms with van der Waals surface area (Å²) in [6.07, 6.45) is 4.99. The lowest BCUT2D eigenvalue weighted by molar-refractivity contribution is -0.139. The number of amides is 2. The summed E-state index contributed by atoms with van der Waals surface area (Å²) in [5.41, 5.74) is 0.365. The number of carbonyl (C=O) groups is 2. The normalized spacial score (nSPS) is 28.0. The molecule has 2 aliphatic carbocycles. The summed E-state index contributed by atoms with van der Waals surface area (Å²) in [5.74, 6) is -0.0859. The van der Waals surface area contributed by atoms with Crippen LogP contribution in [-0.4, -0.2) is 54.4 Å². The van der Waals surface area contributed by atoms with Gasteiger partial charge in [-0.3, -0.25) is 4.79 Å². The molecule has 1 saturated heterocycles. The number of carboxylic acids is 1. The van der Waals surface area contributed by atoms with Crippen molar-refractivity contribution in [3.63, 3.8) is 0 Å². The first-order chi connectivity index (χ1) is 9.61. The van der Waals surface area contributed by atoms with Crippen LogP contribution in [0.5, 0.6) is 0 Å². The van der Waals surface area contributed by atoms with Crippen molar-refractivity contribution in [2.24, 2.45) is 11.3 Å². The number of carbonyl (C=O) groups excluding carboxylic acids is 1. The van der Waals surface area contributed by atoms with Gasteiger partial charge in [-0.25, -0.2) is 4.79 Å². The van der Waals surface area contributed by atoms with Gasteiger partial charge in [0.05, 0.1) is 25.7 Å². The van der Waals surface area contributed by atoms with Crippen molar-refractivity contribution in [2.45, 2.75) is 38.1 Å². The molecule has 6 nitrogen and oxygen atoms in total. The van der Waals surface area contributed by atoms with Gasteiger partial charge in [-0.1, -0.05) is 0 Å². The molecule has 1 aliphatic heterocycles. The van der Waals surface area contributed by atoms with Crippen LogP contribution < -0.4 is 5.32 Å². The van der Waals surface area contributed by atoms with Gasteiger partial charge in [0.1, 0.15) is 0 Å². The minimum absolute atomic E-state index is 0.0544. The van der Waals surface area contributed by atoms with Crippen LogP contribution in [0.15, 0.2) is 0 Å². The molecule has 20 heavy (non-hydrogen) atoms. The van der Waals surface area contributed by atoms with Crippen molar-refractivity contribution in [2.75, 3.05) is 26.3 Å². The average molecular weight is 282 g/mol. The predicted octanol–water partition coefficient (Wildman–Crippen LogP) is 1.06. The second-order valence-corrected chi connectivity index (χ2v) is 6.32. The van der Waals surface area contributed by atoms with Crippen molar-refractivity contribution in [3.8, 4) is 0 Å². The molecule has 0 radical (unpaired) electrons. The summed E-state index contributed by atoms with van der Waals surface area (Å²) in [6.45, 7) is 2.01. The number of nitrogens with one attached hydrogen (secondary N) is 1. The number of urea groups is 1. The van der Waals surface area contributed by atoms with Crippen LogP contribution in [0.3, 0.4) is 0 Å². The lowest BCUT2D eigenvalue weighted by atomic mass is 10.0. The van der Waals surface area contributed by atoms with Crippen LogP contribution in [0.4, 0.5) is 4.79 Å². The maximum absolute atomic E-state index is 12.3. The number of carboxylic acid groups (broad SMARTS) is 1. The highest BCUT2D eigenvalue weighted by Crippen LogP contribution is 2.60. The molecule has 1 heterocycles. The third-order valence-electron chi connectivity index (χ3n) is 4.83. The van der Waals surface area contributed by atoms with E-state index >= 15 is 0 Å². The summed E-state index contributed by atoms with van der Waals surface area (Å²) in [7, 11) is 0. The molecule has 0 aromatic heterocycles. The van der Waals surface area contributed by atoms with Gasteiger partial charge in [-0.2, -0.15) is 0 Å². The maximum Gasteiger partial charge on any atom is 0.317 e. The fraction of sp³-hybridized carbons (Fsp3) is 0.857. The van der Waals surface area contributed by atoms with Crippen LogP contribution in [0.25, 0.3) is 0 Å². The van der Waals surface area contributed by atoms with Gasteiger partial charge in [-0.05, 0) is 37.0 Å². The van der Waals surface area contributed by atoms with E-state index in [4.69, 9.17) is 9.84 Å². The van der Waals surface area contributed by atoms with Gasteiger partial charge in [0, 0.05) is 13.1 Å². The molecule has 0 aromatic rings. The van der Waals surface area contributed by atoms with Crippen molar-refractivity contribution < 1.29 is 19.4 Å². The lowest BCUT2D eigenvalue weighted by Crippen LogP contribution is -2.53. The summed E-state index contributed by atoms with van der Waals surface area (Å²) < 4.78 is 5.28. The summed E-state index contributed by atoms with van der Waals surface area (Å²) in [6, 6.07) is -0.483. The van der Waals surface area contributed by atoms with Gasteiger partial charge in [0.25, 0.3) is 0 Å². The monoisotopic (exact) mass is 282 g/mol. The summed E-state index contributed by atoms with van der Waals surface area (Å²) >= 11 is 0. The number of hydrogen-bond donors (Lipinski definition) is 2. The number of morpholine rings is 1. The van der Waals surface area contributed by atoms with E-state index in [0.29, 0.717) is 25.2 Å². The molecule has 2 saturated carbocycles.